The minimum absolute atomic E-state index is 0.0700. The summed E-state index contributed by atoms with van der Waals surface area (Å²) in [7, 11) is -3.56. The summed E-state index contributed by atoms with van der Waals surface area (Å²) in [5.41, 5.74) is 2.47. The predicted molar refractivity (Wildman–Crippen MR) is 83.0 cm³/mol. The summed E-state index contributed by atoms with van der Waals surface area (Å²) in [6.07, 6.45) is 5.17. The van der Waals surface area contributed by atoms with Crippen LogP contribution in [0.25, 0.3) is 11.0 Å². The van der Waals surface area contributed by atoms with Crippen molar-refractivity contribution < 1.29 is 8.42 Å². The van der Waals surface area contributed by atoms with Crippen molar-refractivity contribution in [2.24, 2.45) is 0 Å². The number of aromatic nitrogens is 4. The number of nitrogens with one attached hydrogen (secondary N) is 2. The minimum atomic E-state index is -3.56. The third kappa shape index (κ3) is 2.88. The molecule has 1 aromatic carbocycles. The first-order valence-electron chi connectivity index (χ1n) is 6.89. The van der Waals surface area contributed by atoms with Crippen LogP contribution in [0.2, 0.25) is 0 Å². The summed E-state index contributed by atoms with van der Waals surface area (Å²) in [5, 5.41) is 4.19. The molecular formula is C14H17N5O2S. The second-order valence-corrected chi connectivity index (χ2v) is 7.05. The SMILES string of the molecule is Cc1cnn([C@H](C)CNS(=O)(=O)c2ccc3nc[nH]c3c2)c1. The second kappa shape index (κ2) is 5.54. The zero-order chi connectivity index (χ0) is 15.7. The Morgan fingerprint density at radius 3 is 2.95 bits per heavy atom. The third-order valence-corrected chi connectivity index (χ3v) is 4.87. The molecule has 0 aliphatic carbocycles. The summed E-state index contributed by atoms with van der Waals surface area (Å²) >= 11 is 0. The maximum Gasteiger partial charge on any atom is 0.240 e. The zero-order valence-electron chi connectivity index (χ0n) is 12.3. The average molecular weight is 319 g/mol. The van der Waals surface area contributed by atoms with Crippen molar-refractivity contribution in [3.63, 3.8) is 0 Å². The van der Waals surface area contributed by atoms with Gasteiger partial charge in [-0.05, 0) is 37.6 Å². The van der Waals surface area contributed by atoms with Crippen LogP contribution in [0.3, 0.4) is 0 Å². The van der Waals surface area contributed by atoms with E-state index in [1.807, 2.05) is 20.0 Å². The van der Waals surface area contributed by atoms with Gasteiger partial charge < -0.3 is 4.98 Å². The normalized spacial score (nSPS) is 13.5. The highest BCUT2D eigenvalue weighted by molar-refractivity contribution is 7.89. The maximum absolute atomic E-state index is 12.4. The Morgan fingerprint density at radius 2 is 2.23 bits per heavy atom. The van der Waals surface area contributed by atoms with E-state index >= 15 is 0 Å². The molecule has 0 radical (unpaired) electrons. The minimum Gasteiger partial charge on any atom is -0.345 e. The Kier molecular flexibility index (Phi) is 3.71. The van der Waals surface area contributed by atoms with Crippen LogP contribution in [-0.2, 0) is 10.0 Å². The third-order valence-electron chi connectivity index (χ3n) is 3.45. The van der Waals surface area contributed by atoms with Gasteiger partial charge in [0.15, 0.2) is 0 Å². The molecule has 2 N–H and O–H groups in total. The first-order valence-corrected chi connectivity index (χ1v) is 8.37. The van der Waals surface area contributed by atoms with Crippen LogP contribution in [0.15, 0.2) is 41.8 Å². The van der Waals surface area contributed by atoms with Gasteiger partial charge in [-0.15, -0.1) is 0 Å². The number of aromatic amines is 1. The molecule has 0 aliphatic rings. The van der Waals surface area contributed by atoms with E-state index in [0.29, 0.717) is 5.52 Å². The fourth-order valence-electron chi connectivity index (χ4n) is 2.16. The molecule has 2 aromatic heterocycles. The van der Waals surface area contributed by atoms with Crippen molar-refractivity contribution >= 4 is 21.1 Å². The van der Waals surface area contributed by atoms with E-state index < -0.39 is 10.0 Å². The van der Waals surface area contributed by atoms with E-state index in [4.69, 9.17) is 0 Å². The molecule has 3 aromatic rings. The van der Waals surface area contributed by atoms with Crippen molar-refractivity contribution in [2.45, 2.75) is 24.8 Å². The van der Waals surface area contributed by atoms with E-state index in [2.05, 4.69) is 19.8 Å². The molecule has 3 rings (SSSR count). The van der Waals surface area contributed by atoms with Gasteiger partial charge >= 0.3 is 0 Å². The molecule has 0 saturated carbocycles. The molecule has 8 heteroatoms. The lowest BCUT2D eigenvalue weighted by Crippen LogP contribution is -2.29. The molecule has 0 saturated heterocycles. The van der Waals surface area contributed by atoms with Crippen molar-refractivity contribution in [1.82, 2.24) is 24.5 Å². The summed E-state index contributed by atoms with van der Waals surface area (Å²) in [5.74, 6) is 0. The van der Waals surface area contributed by atoms with E-state index in [-0.39, 0.29) is 17.5 Å². The van der Waals surface area contributed by atoms with Gasteiger partial charge in [0.05, 0.1) is 34.5 Å². The first-order chi connectivity index (χ1) is 10.5. The van der Waals surface area contributed by atoms with Crippen LogP contribution >= 0.6 is 0 Å². The van der Waals surface area contributed by atoms with Gasteiger partial charge in [0.1, 0.15) is 0 Å². The lowest BCUT2D eigenvalue weighted by molar-refractivity contribution is 0.479. The van der Waals surface area contributed by atoms with Crippen LogP contribution in [0.1, 0.15) is 18.5 Å². The zero-order valence-corrected chi connectivity index (χ0v) is 13.1. The van der Waals surface area contributed by atoms with Crippen molar-refractivity contribution in [3.05, 3.63) is 42.5 Å². The smallest absolute Gasteiger partial charge is 0.240 e. The number of fused-ring (bicyclic) bond motifs is 1. The van der Waals surface area contributed by atoms with E-state index in [1.54, 1.807) is 29.1 Å². The number of sulfonamides is 1. The standard InChI is InChI=1S/C14H17N5O2S/c1-10-6-17-19(8-10)11(2)7-18-22(20,21)12-3-4-13-14(5-12)16-9-15-13/h3-6,8-9,11,18H,7H2,1-2H3,(H,15,16)/t11-/m1/s1. The van der Waals surface area contributed by atoms with Crippen molar-refractivity contribution in [2.75, 3.05) is 6.54 Å². The molecule has 0 fully saturated rings. The number of aryl methyl sites for hydroxylation is 1. The van der Waals surface area contributed by atoms with Crippen molar-refractivity contribution in [3.8, 4) is 0 Å². The van der Waals surface area contributed by atoms with Crippen LogP contribution in [0.5, 0.6) is 0 Å². The van der Waals surface area contributed by atoms with Crippen molar-refractivity contribution in [1.29, 1.82) is 0 Å². The van der Waals surface area contributed by atoms with E-state index in [1.165, 1.54) is 6.33 Å². The summed E-state index contributed by atoms with van der Waals surface area (Å²) in [6.45, 7) is 4.12. The summed E-state index contributed by atoms with van der Waals surface area (Å²) < 4.78 is 29.1. The van der Waals surface area contributed by atoms with Crippen LogP contribution in [-0.4, -0.2) is 34.7 Å². The molecule has 0 amide bonds. The number of rotatable bonds is 5. The van der Waals surface area contributed by atoms with Gasteiger partial charge in [0.25, 0.3) is 0 Å². The van der Waals surface area contributed by atoms with Crippen LogP contribution in [0, 0.1) is 6.92 Å². The Bertz CT molecular complexity index is 897. The Labute approximate surface area is 128 Å². The highest BCUT2D eigenvalue weighted by Crippen LogP contribution is 2.16. The highest BCUT2D eigenvalue weighted by Gasteiger charge is 2.17. The molecule has 7 nitrogen and oxygen atoms in total. The van der Waals surface area contributed by atoms with Gasteiger partial charge in [-0.3, -0.25) is 4.68 Å². The lowest BCUT2D eigenvalue weighted by Gasteiger charge is -2.13. The fourth-order valence-corrected chi connectivity index (χ4v) is 3.31. The molecule has 0 bridgehead atoms. The van der Waals surface area contributed by atoms with Crippen LogP contribution < -0.4 is 4.72 Å². The molecule has 2 heterocycles. The summed E-state index contributed by atoms with van der Waals surface area (Å²) in [6, 6.07) is 4.74. The number of nitrogens with zero attached hydrogens (tertiary/aromatic N) is 3. The van der Waals surface area contributed by atoms with Gasteiger partial charge in [-0.2, -0.15) is 5.10 Å². The van der Waals surface area contributed by atoms with Gasteiger partial charge in [0, 0.05) is 12.7 Å². The molecule has 1 atom stereocenters. The monoisotopic (exact) mass is 319 g/mol. The van der Waals surface area contributed by atoms with Gasteiger partial charge in [0.2, 0.25) is 10.0 Å². The molecule has 116 valence electrons. The Morgan fingerprint density at radius 1 is 1.41 bits per heavy atom. The lowest BCUT2D eigenvalue weighted by atomic mass is 10.3. The number of hydrogen-bond donors (Lipinski definition) is 2. The molecule has 0 unspecified atom stereocenters. The molecule has 0 spiro atoms. The predicted octanol–water partition coefficient (Wildman–Crippen LogP) is 1.61. The van der Waals surface area contributed by atoms with E-state index in [0.717, 1.165) is 11.1 Å². The number of imidazole rings is 1. The Balaban J connectivity index is 1.75. The number of benzene rings is 1. The Hall–Kier alpha value is -2.19. The molecule has 0 aliphatic heterocycles. The topological polar surface area (TPSA) is 92.7 Å². The summed E-state index contributed by atoms with van der Waals surface area (Å²) in [4.78, 5) is 7.20. The quantitative estimate of drug-likeness (QED) is 0.747. The maximum atomic E-state index is 12.4. The number of H-pyrrole nitrogens is 1. The fraction of sp³-hybridized carbons (Fsp3) is 0.286. The number of hydrogen-bond acceptors (Lipinski definition) is 4. The van der Waals surface area contributed by atoms with Gasteiger partial charge in [-0.1, -0.05) is 0 Å². The van der Waals surface area contributed by atoms with E-state index in [9.17, 15) is 8.42 Å². The van der Waals surface area contributed by atoms with Gasteiger partial charge in [-0.25, -0.2) is 18.1 Å². The second-order valence-electron chi connectivity index (χ2n) is 5.28. The highest BCUT2D eigenvalue weighted by atomic mass is 32.2. The van der Waals surface area contributed by atoms with Crippen LogP contribution in [0.4, 0.5) is 0 Å². The molecular weight excluding hydrogens is 302 g/mol. The average Bonchev–Trinajstić information content (AvgIpc) is 3.12. The molecule has 22 heavy (non-hydrogen) atoms. The largest absolute Gasteiger partial charge is 0.345 e. The first kappa shape index (κ1) is 14.7.